The smallest absolute Gasteiger partial charge is 0.317 e. The molecule has 1 aliphatic rings. The highest BCUT2D eigenvalue weighted by molar-refractivity contribution is 6.33. The van der Waals surface area contributed by atoms with Gasteiger partial charge in [0.1, 0.15) is 0 Å². The Hall–Kier alpha value is -1.91. The third-order valence-corrected chi connectivity index (χ3v) is 5.30. The number of carbonyl (C=O) groups is 1. The Labute approximate surface area is 171 Å². The molecule has 1 unspecified atom stereocenters. The molecule has 2 amide bonds. The van der Waals surface area contributed by atoms with Crippen molar-refractivity contribution in [3.63, 3.8) is 0 Å². The Morgan fingerprint density at radius 1 is 1.11 bits per heavy atom. The lowest BCUT2D eigenvalue weighted by molar-refractivity contribution is 0.182. The van der Waals surface area contributed by atoms with E-state index in [1.54, 1.807) is 0 Å². The quantitative estimate of drug-likeness (QED) is 0.753. The third kappa shape index (κ3) is 4.69. The molecule has 0 aliphatic carbocycles. The fourth-order valence-corrected chi connectivity index (χ4v) is 3.88. The Kier molecular flexibility index (Phi) is 6.18. The van der Waals surface area contributed by atoms with Gasteiger partial charge in [0.15, 0.2) is 0 Å². The molecule has 0 spiro atoms. The maximum absolute atomic E-state index is 12.5. The van der Waals surface area contributed by atoms with E-state index in [2.05, 4.69) is 22.3 Å². The van der Waals surface area contributed by atoms with E-state index in [0.717, 1.165) is 21.8 Å². The van der Waals surface area contributed by atoms with Gasteiger partial charge in [0, 0.05) is 30.7 Å². The summed E-state index contributed by atoms with van der Waals surface area (Å²) in [5.41, 5.74) is 3.23. The van der Waals surface area contributed by atoms with Crippen LogP contribution >= 0.6 is 23.2 Å². The maximum atomic E-state index is 12.5. The Balaban J connectivity index is 1.92. The van der Waals surface area contributed by atoms with Gasteiger partial charge in [0.05, 0.1) is 16.8 Å². The van der Waals surface area contributed by atoms with E-state index in [-0.39, 0.29) is 18.1 Å². The minimum atomic E-state index is -0.0291. The van der Waals surface area contributed by atoms with Crippen molar-refractivity contribution >= 4 is 34.9 Å². The largest absolute Gasteiger partial charge is 0.360 e. The van der Waals surface area contributed by atoms with Crippen LogP contribution in [0.3, 0.4) is 0 Å². The maximum Gasteiger partial charge on any atom is 0.317 e. The van der Waals surface area contributed by atoms with Crippen LogP contribution < -0.4 is 10.2 Å². The summed E-state index contributed by atoms with van der Waals surface area (Å²) in [5.74, 6) is 0. The van der Waals surface area contributed by atoms with Gasteiger partial charge in [0.25, 0.3) is 0 Å². The van der Waals surface area contributed by atoms with Crippen LogP contribution in [0, 0.1) is 6.92 Å². The topological polar surface area (TPSA) is 35.6 Å². The van der Waals surface area contributed by atoms with E-state index < -0.39 is 0 Å². The summed E-state index contributed by atoms with van der Waals surface area (Å²) in [6.07, 6.45) is 0. The molecule has 1 saturated heterocycles. The Morgan fingerprint density at radius 2 is 1.81 bits per heavy atom. The summed E-state index contributed by atoms with van der Waals surface area (Å²) in [7, 11) is 0. The summed E-state index contributed by atoms with van der Waals surface area (Å²) in [6.45, 7) is 7.91. The summed E-state index contributed by atoms with van der Waals surface area (Å²) in [6, 6.07) is 14.0. The molecular formula is C21H25Cl2N3O. The van der Waals surface area contributed by atoms with Gasteiger partial charge in [-0.15, -0.1) is 0 Å². The van der Waals surface area contributed by atoms with Gasteiger partial charge in [-0.3, -0.25) is 0 Å². The highest BCUT2D eigenvalue weighted by Gasteiger charge is 2.32. The molecule has 0 aromatic heterocycles. The number of urea groups is 1. The fourth-order valence-electron chi connectivity index (χ4n) is 3.41. The Morgan fingerprint density at radius 3 is 2.44 bits per heavy atom. The number of nitrogens with one attached hydrogen (secondary N) is 1. The number of aryl methyl sites for hydroxylation is 1. The highest BCUT2D eigenvalue weighted by Crippen LogP contribution is 2.36. The van der Waals surface area contributed by atoms with Crippen LogP contribution in [0.4, 0.5) is 10.5 Å². The predicted molar refractivity (Wildman–Crippen MR) is 113 cm³/mol. The molecule has 6 heteroatoms. The molecule has 2 aromatic carbocycles. The van der Waals surface area contributed by atoms with Crippen molar-refractivity contribution in [2.24, 2.45) is 0 Å². The van der Waals surface area contributed by atoms with Crippen molar-refractivity contribution in [2.75, 3.05) is 24.5 Å². The van der Waals surface area contributed by atoms with E-state index in [1.165, 1.54) is 0 Å². The van der Waals surface area contributed by atoms with Crippen molar-refractivity contribution in [2.45, 2.75) is 32.9 Å². The molecule has 4 nitrogen and oxygen atoms in total. The first-order valence-corrected chi connectivity index (χ1v) is 9.94. The molecule has 144 valence electrons. The van der Waals surface area contributed by atoms with Crippen molar-refractivity contribution in [3.8, 4) is 0 Å². The number of halogens is 2. The number of hydrogen-bond acceptors (Lipinski definition) is 2. The first-order valence-electron chi connectivity index (χ1n) is 9.19. The normalized spacial score (nSPS) is 17.3. The molecule has 3 rings (SSSR count). The zero-order valence-electron chi connectivity index (χ0n) is 15.9. The van der Waals surface area contributed by atoms with Crippen LogP contribution in [0.15, 0.2) is 42.5 Å². The molecular weight excluding hydrogens is 381 g/mol. The first kappa shape index (κ1) is 19.8. The first-order chi connectivity index (χ1) is 12.8. The predicted octanol–water partition coefficient (Wildman–Crippen LogP) is 5.28. The van der Waals surface area contributed by atoms with E-state index in [9.17, 15) is 4.79 Å². The second-order valence-corrected chi connectivity index (χ2v) is 8.11. The number of carbonyl (C=O) groups excluding carboxylic acids is 1. The van der Waals surface area contributed by atoms with Crippen LogP contribution in [-0.4, -0.2) is 36.6 Å². The van der Waals surface area contributed by atoms with Gasteiger partial charge in [0.2, 0.25) is 0 Å². The molecule has 2 aromatic rings. The van der Waals surface area contributed by atoms with Crippen LogP contribution in [0.25, 0.3) is 0 Å². The number of hydrogen-bond donors (Lipinski definition) is 1. The summed E-state index contributed by atoms with van der Waals surface area (Å²) >= 11 is 12.6. The average Bonchev–Trinajstić information content (AvgIpc) is 2.61. The molecule has 1 fully saturated rings. The van der Waals surface area contributed by atoms with Crippen LogP contribution in [0.5, 0.6) is 0 Å². The number of anilines is 1. The molecule has 1 aliphatic heterocycles. The number of benzene rings is 2. The lowest BCUT2D eigenvalue weighted by atomic mass is 10.0. The number of rotatable bonds is 3. The molecule has 1 N–H and O–H groups in total. The second kappa shape index (κ2) is 8.41. The van der Waals surface area contributed by atoms with Crippen molar-refractivity contribution < 1.29 is 4.79 Å². The highest BCUT2D eigenvalue weighted by atomic mass is 35.5. The van der Waals surface area contributed by atoms with Crippen LogP contribution in [0.2, 0.25) is 10.0 Å². The second-order valence-electron chi connectivity index (χ2n) is 7.27. The lowest BCUT2D eigenvalue weighted by Crippen LogP contribution is -2.54. The molecule has 1 atom stereocenters. The van der Waals surface area contributed by atoms with Crippen molar-refractivity contribution in [1.29, 1.82) is 0 Å². The van der Waals surface area contributed by atoms with Crippen LogP contribution in [0.1, 0.15) is 31.0 Å². The summed E-state index contributed by atoms with van der Waals surface area (Å²) in [4.78, 5) is 16.7. The zero-order chi connectivity index (χ0) is 19.6. The molecule has 0 bridgehead atoms. The standard InChI is InChI=1S/C21H25Cl2N3O/c1-14(2)24-21(27)25-10-11-26(19-9-4-15(3)12-18(19)23)20(13-25)16-5-7-17(22)8-6-16/h4-9,12,14,20H,10-11,13H2,1-3H3,(H,24,27). The number of piperazine rings is 1. The van der Waals surface area contributed by atoms with Crippen LogP contribution in [-0.2, 0) is 0 Å². The average molecular weight is 406 g/mol. The molecule has 0 radical (unpaired) electrons. The van der Waals surface area contributed by atoms with E-state index in [4.69, 9.17) is 23.2 Å². The summed E-state index contributed by atoms with van der Waals surface area (Å²) < 4.78 is 0. The summed E-state index contributed by atoms with van der Waals surface area (Å²) in [5, 5.41) is 4.42. The monoisotopic (exact) mass is 405 g/mol. The van der Waals surface area contributed by atoms with E-state index in [1.807, 2.05) is 56.0 Å². The van der Waals surface area contributed by atoms with Crippen molar-refractivity contribution in [1.82, 2.24) is 10.2 Å². The molecule has 1 heterocycles. The lowest BCUT2D eigenvalue weighted by Gasteiger charge is -2.43. The fraction of sp³-hybridized carbons (Fsp3) is 0.381. The molecule has 27 heavy (non-hydrogen) atoms. The zero-order valence-corrected chi connectivity index (χ0v) is 17.4. The van der Waals surface area contributed by atoms with Gasteiger partial charge in [-0.2, -0.15) is 0 Å². The Bertz CT molecular complexity index is 808. The third-order valence-electron chi connectivity index (χ3n) is 4.75. The number of amides is 2. The molecule has 0 saturated carbocycles. The van der Waals surface area contributed by atoms with Gasteiger partial charge in [-0.05, 0) is 56.2 Å². The van der Waals surface area contributed by atoms with Gasteiger partial charge in [-0.1, -0.05) is 41.4 Å². The minimum Gasteiger partial charge on any atom is -0.360 e. The van der Waals surface area contributed by atoms with Crippen molar-refractivity contribution in [3.05, 3.63) is 63.6 Å². The van der Waals surface area contributed by atoms with E-state index >= 15 is 0 Å². The van der Waals surface area contributed by atoms with Gasteiger partial charge in [-0.25, -0.2) is 4.79 Å². The van der Waals surface area contributed by atoms with E-state index in [0.29, 0.717) is 24.7 Å². The number of nitrogens with zero attached hydrogens (tertiary/aromatic N) is 2. The van der Waals surface area contributed by atoms with Gasteiger partial charge < -0.3 is 15.1 Å². The minimum absolute atomic E-state index is 0.00846. The van der Waals surface area contributed by atoms with Gasteiger partial charge >= 0.3 is 6.03 Å². The SMILES string of the molecule is Cc1ccc(N2CCN(C(=O)NC(C)C)CC2c2ccc(Cl)cc2)c(Cl)c1.